The van der Waals surface area contributed by atoms with Crippen molar-refractivity contribution < 1.29 is 19.0 Å². The van der Waals surface area contributed by atoms with Crippen LogP contribution in [0.25, 0.3) is 0 Å². The molecule has 2 aromatic rings. The summed E-state index contributed by atoms with van der Waals surface area (Å²) in [7, 11) is 1.55. The zero-order chi connectivity index (χ0) is 19.8. The molecule has 1 amide bonds. The molecule has 0 aliphatic carbocycles. The molecule has 0 aliphatic rings. The summed E-state index contributed by atoms with van der Waals surface area (Å²) in [6.07, 6.45) is 1.47. The summed E-state index contributed by atoms with van der Waals surface area (Å²) in [5.74, 6) is 0.901. The Morgan fingerprint density at radius 3 is 2.44 bits per heavy atom. The number of carbonyl (C=O) groups excluding carboxylic acids is 1. The number of carbonyl (C=O) groups is 1. The minimum atomic E-state index is -0.480. The van der Waals surface area contributed by atoms with Crippen molar-refractivity contribution >= 4 is 46.9 Å². The summed E-state index contributed by atoms with van der Waals surface area (Å²) in [6.45, 7) is 2.10. The van der Waals surface area contributed by atoms with E-state index in [0.717, 1.165) is 5.56 Å². The van der Waals surface area contributed by atoms with Crippen molar-refractivity contribution in [3.05, 3.63) is 51.0 Å². The zero-order valence-electron chi connectivity index (χ0n) is 14.6. The largest absolute Gasteiger partial charge is 0.493 e. The van der Waals surface area contributed by atoms with E-state index in [-0.39, 0.29) is 22.4 Å². The van der Waals surface area contributed by atoms with Gasteiger partial charge in [-0.15, -0.1) is 0 Å². The van der Waals surface area contributed by atoms with E-state index in [0.29, 0.717) is 23.1 Å². The molecule has 0 saturated carbocycles. The van der Waals surface area contributed by atoms with Crippen LogP contribution in [0.4, 0.5) is 0 Å². The third kappa shape index (κ3) is 6.20. The molecular formula is C18H17Cl3N2O4. The number of nitrogens with one attached hydrogen (secondary N) is 1. The van der Waals surface area contributed by atoms with E-state index in [1.165, 1.54) is 18.3 Å². The Hall–Kier alpha value is -2.15. The van der Waals surface area contributed by atoms with Gasteiger partial charge in [0.25, 0.3) is 5.91 Å². The Bertz CT molecular complexity index is 820. The summed E-state index contributed by atoms with van der Waals surface area (Å²) >= 11 is 17.8. The van der Waals surface area contributed by atoms with Gasteiger partial charge in [0.1, 0.15) is 0 Å². The first-order valence-corrected chi connectivity index (χ1v) is 8.98. The van der Waals surface area contributed by atoms with E-state index in [2.05, 4.69) is 10.5 Å². The lowest BCUT2D eigenvalue weighted by Gasteiger charge is -2.10. The summed E-state index contributed by atoms with van der Waals surface area (Å²) < 4.78 is 16.0. The number of halogens is 3. The van der Waals surface area contributed by atoms with E-state index in [9.17, 15) is 4.79 Å². The first-order valence-electron chi connectivity index (χ1n) is 7.84. The molecule has 2 rings (SSSR count). The number of hydrogen-bond donors (Lipinski definition) is 1. The van der Waals surface area contributed by atoms with Crippen LogP contribution in [0.15, 0.2) is 35.4 Å². The summed E-state index contributed by atoms with van der Waals surface area (Å²) in [5, 5.41) is 4.67. The number of methoxy groups -OCH3 is 1. The maximum atomic E-state index is 11.9. The fourth-order valence-electron chi connectivity index (χ4n) is 2.05. The number of rotatable bonds is 8. The summed E-state index contributed by atoms with van der Waals surface area (Å²) in [5.41, 5.74) is 3.07. The van der Waals surface area contributed by atoms with Crippen molar-refractivity contribution in [2.75, 3.05) is 20.3 Å². The van der Waals surface area contributed by atoms with Gasteiger partial charge in [0.15, 0.2) is 23.9 Å². The van der Waals surface area contributed by atoms with Gasteiger partial charge in [0, 0.05) is 5.02 Å². The van der Waals surface area contributed by atoms with E-state index < -0.39 is 5.91 Å². The Kier molecular flexibility index (Phi) is 8.03. The van der Waals surface area contributed by atoms with Crippen molar-refractivity contribution in [2.24, 2.45) is 5.10 Å². The van der Waals surface area contributed by atoms with Crippen molar-refractivity contribution in [1.29, 1.82) is 0 Å². The van der Waals surface area contributed by atoms with Gasteiger partial charge in [-0.05, 0) is 42.8 Å². The van der Waals surface area contributed by atoms with Gasteiger partial charge in [-0.3, -0.25) is 4.79 Å². The van der Waals surface area contributed by atoms with Gasteiger partial charge in [0.05, 0.1) is 30.0 Å². The molecule has 2 aromatic carbocycles. The second-order valence-electron chi connectivity index (χ2n) is 5.12. The molecule has 0 aliphatic heterocycles. The highest BCUT2D eigenvalue weighted by atomic mass is 35.5. The summed E-state index contributed by atoms with van der Waals surface area (Å²) in [6, 6.07) is 8.23. The Morgan fingerprint density at radius 1 is 1.11 bits per heavy atom. The first-order chi connectivity index (χ1) is 12.9. The lowest BCUT2D eigenvalue weighted by Crippen LogP contribution is -2.24. The molecule has 144 valence electrons. The molecule has 6 nitrogen and oxygen atoms in total. The number of hydrogen-bond acceptors (Lipinski definition) is 5. The van der Waals surface area contributed by atoms with Crippen LogP contribution in [0.1, 0.15) is 12.5 Å². The van der Waals surface area contributed by atoms with Crippen LogP contribution in [0.3, 0.4) is 0 Å². The SMILES string of the molecule is CCOc1ccc(/C=N/NC(=O)COc2c(Cl)cc(Cl)cc2Cl)cc1OC. The maximum Gasteiger partial charge on any atom is 0.277 e. The van der Waals surface area contributed by atoms with Crippen LogP contribution in [0.5, 0.6) is 17.2 Å². The Morgan fingerprint density at radius 2 is 1.81 bits per heavy atom. The molecule has 0 aromatic heterocycles. The molecule has 0 heterocycles. The third-order valence-corrected chi connectivity index (χ3v) is 3.98. The zero-order valence-corrected chi connectivity index (χ0v) is 16.9. The molecule has 0 radical (unpaired) electrons. The number of amides is 1. The Labute approximate surface area is 172 Å². The van der Waals surface area contributed by atoms with E-state index in [4.69, 9.17) is 49.0 Å². The van der Waals surface area contributed by atoms with Gasteiger partial charge in [-0.2, -0.15) is 5.10 Å². The van der Waals surface area contributed by atoms with Crippen LogP contribution in [-0.2, 0) is 4.79 Å². The standard InChI is InChI=1S/C18H17Cl3N2O4/c1-3-26-15-5-4-11(6-16(15)25-2)9-22-23-17(24)10-27-18-13(20)7-12(19)8-14(18)21/h4-9H,3,10H2,1-2H3,(H,23,24)/b22-9+. The smallest absolute Gasteiger partial charge is 0.277 e. The van der Waals surface area contributed by atoms with Gasteiger partial charge >= 0.3 is 0 Å². The molecule has 0 spiro atoms. The van der Waals surface area contributed by atoms with Crippen molar-refractivity contribution in [2.45, 2.75) is 6.92 Å². The van der Waals surface area contributed by atoms with Gasteiger partial charge < -0.3 is 14.2 Å². The normalized spacial score (nSPS) is 10.7. The number of hydrazone groups is 1. The van der Waals surface area contributed by atoms with Crippen molar-refractivity contribution in [3.63, 3.8) is 0 Å². The van der Waals surface area contributed by atoms with E-state index in [1.807, 2.05) is 6.92 Å². The second-order valence-corrected chi connectivity index (χ2v) is 6.37. The average Bonchev–Trinajstić information content (AvgIpc) is 2.62. The van der Waals surface area contributed by atoms with Crippen LogP contribution < -0.4 is 19.6 Å². The minimum absolute atomic E-state index is 0.179. The molecule has 0 saturated heterocycles. The number of nitrogens with zero attached hydrogens (tertiary/aromatic N) is 1. The molecule has 1 N–H and O–H groups in total. The molecule has 9 heteroatoms. The lowest BCUT2D eigenvalue weighted by molar-refractivity contribution is -0.123. The predicted octanol–water partition coefficient (Wildman–Crippen LogP) is 4.58. The van der Waals surface area contributed by atoms with Gasteiger partial charge in [-0.25, -0.2) is 5.43 Å². The van der Waals surface area contributed by atoms with E-state index in [1.54, 1.807) is 25.3 Å². The van der Waals surface area contributed by atoms with Gasteiger partial charge in [-0.1, -0.05) is 34.8 Å². The Balaban J connectivity index is 1.92. The second kappa shape index (κ2) is 10.3. The molecule has 0 bridgehead atoms. The van der Waals surface area contributed by atoms with Crippen molar-refractivity contribution in [1.82, 2.24) is 5.43 Å². The fraction of sp³-hybridized carbons (Fsp3) is 0.222. The molecule has 0 atom stereocenters. The monoisotopic (exact) mass is 430 g/mol. The first kappa shape index (κ1) is 21.2. The van der Waals surface area contributed by atoms with Crippen LogP contribution in [0, 0.1) is 0 Å². The molecule has 0 unspecified atom stereocenters. The van der Waals surface area contributed by atoms with E-state index >= 15 is 0 Å². The van der Waals surface area contributed by atoms with Crippen molar-refractivity contribution in [3.8, 4) is 17.2 Å². The molecule has 27 heavy (non-hydrogen) atoms. The average molecular weight is 432 g/mol. The maximum absolute atomic E-state index is 11.9. The lowest BCUT2D eigenvalue weighted by atomic mass is 10.2. The highest BCUT2D eigenvalue weighted by molar-refractivity contribution is 6.40. The van der Waals surface area contributed by atoms with Crippen LogP contribution in [0.2, 0.25) is 15.1 Å². The predicted molar refractivity (Wildman–Crippen MR) is 107 cm³/mol. The van der Waals surface area contributed by atoms with Crippen LogP contribution in [-0.4, -0.2) is 32.4 Å². The highest BCUT2D eigenvalue weighted by Gasteiger charge is 2.11. The fourth-order valence-corrected chi connectivity index (χ4v) is 2.98. The minimum Gasteiger partial charge on any atom is -0.493 e. The van der Waals surface area contributed by atoms with Crippen LogP contribution >= 0.6 is 34.8 Å². The number of benzene rings is 2. The van der Waals surface area contributed by atoms with Gasteiger partial charge in [0.2, 0.25) is 0 Å². The molecular weight excluding hydrogens is 415 g/mol. The highest BCUT2D eigenvalue weighted by Crippen LogP contribution is 2.35. The topological polar surface area (TPSA) is 69.2 Å². The quantitative estimate of drug-likeness (QED) is 0.490. The molecule has 0 fully saturated rings. The summed E-state index contributed by atoms with van der Waals surface area (Å²) in [4.78, 5) is 11.9. The third-order valence-electron chi connectivity index (χ3n) is 3.20. The number of ether oxygens (including phenoxy) is 3.